The highest BCUT2D eigenvalue weighted by molar-refractivity contribution is 5.90. The van der Waals surface area contributed by atoms with Crippen molar-refractivity contribution < 1.29 is 24.1 Å². The summed E-state index contributed by atoms with van der Waals surface area (Å²) in [6, 6.07) is 16.0. The van der Waals surface area contributed by atoms with E-state index < -0.39 is 5.97 Å². The second kappa shape index (κ2) is 12.6. The number of carboxylic acid groups (broad SMARTS) is 1. The minimum atomic E-state index is -1.11. The number of nitrogens with zero attached hydrogens (tertiary/aromatic N) is 4. The van der Waals surface area contributed by atoms with Gasteiger partial charge in [0.2, 0.25) is 5.88 Å². The Labute approximate surface area is 252 Å². The molecule has 6 rings (SSSR count). The fourth-order valence-electron chi connectivity index (χ4n) is 6.23. The first-order valence-electron chi connectivity index (χ1n) is 14.9. The molecule has 2 aromatic heterocycles. The maximum absolute atomic E-state index is 11.6. The van der Waals surface area contributed by atoms with Gasteiger partial charge in [0.05, 0.1) is 25.1 Å². The monoisotopic (exact) mass is 582 g/mol. The van der Waals surface area contributed by atoms with Crippen LogP contribution in [0.3, 0.4) is 0 Å². The van der Waals surface area contributed by atoms with E-state index in [1.807, 2.05) is 37.3 Å². The summed E-state index contributed by atoms with van der Waals surface area (Å²) in [7, 11) is 1.42. The number of fused-ring (bicyclic) bond motifs is 1. The van der Waals surface area contributed by atoms with Crippen molar-refractivity contribution >= 4 is 5.97 Å². The van der Waals surface area contributed by atoms with Crippen molar-refractivity contribution in [3.8, 4) is 28.7 Å². The molecule has 2 aromatic carbocycles. The van der Waals surface area contributed by atoms with Crippen LogP contribution in [0.25, 0.3) is 17.1 Å². The lowest BCUT2D eigenvalue weighted by Crippen LogP contribution is -2.39. The topological polar surface area (TPSA) is 98.9 Å². The van der Waals surface area contributed by atoms with E-state index in [9.17, 15) is 9.90 Å². The number of carboxylic acids is 1. The molecule has 43 heavy (non-hydrogen) atoms. The van der Waals surface area contributed by atoms with Gasteiger partial charge in [-0.15, -0.1) is 0 Å². The summed E-state index contributed by atoms with van der Waals surface area (Å²) in [5, 5.41) is 13.7. The van der Waals surface area contributed by atoms with Gasteiger partial charge in [0, 0.05) is 31.8 Å². The van der Waals surface area contributed by atoms with Gasteiger partial charge in [0.25, 0.3) is 0 Å². The number of benzene rings is 2. The van der Waals surface area contributed by atoms with Crippen LogP contribution in [0.2, 0.25) is 0 Å². The highest BCUT2D eigenvalue weighted by Crippen LogP contribution is 2.34. The molecule has 4 heterocycles. The van der Waals surface area contributed by atoms with Crippen molar-refractivity contribution in [3.63, 3.8) is 0 Å². The summed E-state index contributed by atoms with van der Waals surface area (Å²) >= 11 is 0. The fraction of sp³-hybridized carbons (Fsp3) is 0.382. The Balaban J connectivity index is 1.21. The Hall–Kier alpha value is -4.21. The van der Waals surface area contributed by atoms with Gasteiger partial charge in [-0.1, -0.05) is 30.3 Å². The molecule has 224 valence electrons. The van der Waals surface area contributed by atoms with Crippen molar-refractivity contribution in [3.05, 3.63) is 88.1 Å². The van der Waals surface area contributed by atoms with E-state index in [0.717, 1.165) is 49.5 Å². The van der Waals surface area contributed by atoms with E-state index in [1.165, 1.54) is 59.5 Å². The van der Waals surface area contributed by atoms with E-state index in [0.29, 0.717) is 24.2 Å². The lowest BCUT2D eigenvalue weighted by Gasteiger charge is -2.34. The largest absolute Gasteiger partial charge is 0.488 e. The number of ether oxygens (including phenoxy) is 3. The van der Waals surface area contributed by atoms with Gasteiger partial charge in [-0.25, -0.2) is 9.78 Å². The van der Waals surface area contributed by atoms with Gasteiger partial charge in [0.15, 0.2) is 5.82 Å². The van der Waals surface area contributed by atoms with Crippen LogP contribution >= 0.6 is 0 Å². The maximum Gasteiger partial charge on any atom is 0.342 e. The molecule has 1 fully saturated rings. The number of aryl methyl sites for hydroxylation is 1. The second-order valence-corrected chi connectivity index (χ2v) is 11.4. The normalized spacial score (nSPS) is 17.0. The molecule has 4 aromatic rings. The Morgan fingerprint density at radius 2 is 1.98 bits per heavy atom. The fourth-order valence-corrected chi connectivity index (χ4v) is 6.23. The van der Waals surface area contributed by atoms with Crippen LogP contribution in [0.4, 0.5) is 0 Å². The van der Waals surface area contributed by atoms with Crippen molar-refractivity contribution in [1.82, 2.24) is 19.7 Å². The molecule has 2 aliphatic heterocycles. The van der Waals surface area contributed by atoms with Crippen LogP contribution < -0.4 is 9.47 Å². The zero-order valence-corrected chi connectivity index (χ0v) is 25.0. The van der Waals surface area contributed by atoms with Gasteiger partial charge in [-0.3, -0.25) is 4.90 Å². The molecule has 0 aliphatic carbocycles. The molecule has 0 saturated carbocycles. The number of methoxy groups -OCH3 is 1. The maximum atomic E-state index is 11.6. The van der Waals surface area contributed by atoms with Crippen LogP contribution in [-0.4, -0.2) is 63.7 Å². The van der Waals surface area contributed by atoms with Crippen LogP contribution in [0, 0.1) is 13.8 Å². The average Bonchev–Trinajstić information content (AvgIpc) is 3.47. The predicted molar refractivity (Wildman–Crippen MR) is 163 cm³/mol. The van der Waals surface area contributed by atoms with Gasteiger partial charge in [0.1, 0.15) is 17.9 Å². The molecule has 0 spiro atoms. The molecule has 9 nitrogen and oxygen atoms in total. The van der Waals surface area contributed by atoms with E-state index in [4.69, 9.17) is 19.2 Å². The Bertz CT molecular complexity index is 1630. The van der Waals surface area contributed by atoms with E-state index in [1.54, 1.807) is 6.07 Å². The van der Waals surface area contributed by atoms with Gasteiger partial charge in [-0.2, -0.15) is 9.78 Å². The minimum Gasteiger partial charge on any atom is -0.488 e. The van der Waals surface area contributed by atoms with Crippen molar-refractivity contribution in [1.29, 1.82) is 0 Å². The van der Waals surface area contributed by atoms with E-state index in [-0.39, 0.29) is 11.4 Å². The number of aromatic carboxylic acids is 1. The quantitative estimate of drug-likeness (QED) is 0.266. The SMILES string of the molecule is COc1c(C(=O)O)cnn1-c1cccc(-c2cccc(C)c2OCc2ccc3c(c2C)CCN(C[C@H]2CCCCO2)C3)n1. The number of carbonyl (C=O) groups is 1. The minimum absolute atomic E-state index is 0.0272. The smallest absolute Gasteiger partial charge is 0.342 e. The lowest BCUT2D eigenvalue weighted by atomic mass is 9.91. The third-order valence-electron chi connectivity index (χ3n) is 8.58. The number of rotatable bonds is 9. The number of aromatic nitrogens is 3. The molecule has 0 amide bonds. The molecule has 0 bridgehead atoms. The first-order valence-corrected chi connectivity index (χ1v) is 14.9. The highest BCUT2D eigenvalue weighted by atomic mass is 16.5. The summed E-state index contributed by atoms with van der Waals surface area (Å²) in [5.74, 6) is 0.217. The highest BCUT2D eigenvalue weighted by Gasteiger charge is 2.24. The van der Waals surface area contributed by atoms with Crippen LogP contribution in [0.1, 0.15) is 57.4 Å². The van der Waals surface area contributed by atoms with Crippen LogP contribution in [-0.2, 0) is 24.3 Å². The van der Waals surface area contributed by atoms with E-state index >= 15 is 0 Å². The lowest BCUT2D eigenvalue weighted by molar-refractivity contribution is -0.00803. The zero-order chi connectivity index (χ0) is 29.9. The van der Waals surface area contributed by atoms with Crippen LogP contribution in [0.5, 0.6) is 11.6 Å². The second-order valence-electron chi connectivity index (χ2n) is 11.4. The summed E-state index contributed by atoms with van der Waals surface area (Å²) in [6.07, 6.45) is 6.30. The third kappa shape index (κ3) is 6.00. The van der Waals surface area contributed by atoms with Crippen molar-refractivity contribution in [2.24, 2.45) is 0 Å². The first-order chi connectivity index (χ1) is 20.9. The van der Waals surface area contributed by atoms with Crippen molar-refractivity contribution in [2.45, 2.75) is 58.8 Å². The zero-order valence-electron chi connectivity index (χ0n) is 25.0. The summed E-state index contributed by atoms with van der Waals surface area (Å²) in [4.78, 5) is 18.9. The number of hydrogen-bond acceptors (Lipinski definition) is 7. The Kier molecular flexibility index (Phi) is 8.44. The molecule has 1 atom stereocenters. The summed E-state index contributed by atoms with van der Waals surface area (Å²) in [5.41, 5.74) is 7.85. The molecular weight excluding hydrogens is 544 g/mol. The number of pyridine rings is 1. The molecule has 1 saturated heterocycles. The summed E-state index contributed by atoms with van der Waals surface area (Å²) in [6.45, 7) is 8.63. The third-order valence-corrected chi connectivity index (χ3v) is 8.58. The molecule has 1 N–H and O–H groups in total. The standard InChI is InChI=1S/C34H38N4O5/c1-22-8-6-10-28(30-11-7-12-31(36-30)38-33(41-3)29(18-35-38)34(39)40)32(22)43-21-25-14-13-24-19-37(16-15-27(24)23(25)2)20-26-9-4-5-17-42-26/h6-8,10-14,18,26H,4-5,9,15-17,19-21H2,1-3H3,(H,39,40)/t26-/m1/s1. The van der Waals surface area contributed by atoms with Crippen LogP contribution in [0.15, 0.2) is 54.7 Å². The number of hydrogen-bond donors (Lipinski definition) is 1. The molecule has 0 unspecified atom stereocenters. The average molecular weight is 583 g/mol. The summed E-state index contributed by atoms with van der Waals surface area (Å²) < 4.78 is 19.3. The molecule has 2 aliphatic rings. The Morgan fingerprint density at radius 1 is 1.12 bits per heavy atom. The predicted octanol–water partition coefficient (Wildman–Crippen LogP) is 5.76. The number of para-hydroxylation sites is 1. The van der Waals surface area contributed by atoms with Crippen molar-refractivity contribution in [2.75, 3.05) is 26.8 Å². The van der Waals surface area contributed by atoms with E-state index in [2.05, 4.69) is 29.1 Å². The van der Waals surface area contributed by atoms with Gasteiger partial charge in [-0.05, 0) is 85.5 Å². The first kappa shape index (κ1) is 28.9. The molecule has 0 radical (unpaired) electrons. The Morgan fingerprint density at radius 3 is 2.77 bits per heavy atom. The van der Waals surface area contributed by atoms with Gasteiger partial charge < -0.3 is 19.3 Å². The van der Waals surface area contributed by atoms with Gasteiger partial charge >= 0.3 is 5.97 Å². The molecule has 9 heteroatoms. The molecular formula is C34H38N4O5.